The van der Waals surface area contributed by atoms with Crippen molar-refractivity contribution in [3.63, 3.8) is 0 Å². The fraction of sp³-hybridized carbons (Fsp3) is 0.273. The highest BCUT2D eigenvalue weighted by Gasteiger charge is 2.15. The molecule has 0 saturated carbocycles. The molecule has 1 atom stereocenters. The third-order valence-electron chi connectivity index (χ3n) is 4.48. The van der Waals surface area contributed by atoms with Crippen LogP contribution in [0, 0.1) is 0 Å². The average molecular weight is 380 g/mol. The van der Waals surface area contributed by atoms with Crippen molar-refractivity contribution in [1.82, 2.24) is 15.2 Å². The number of nitrogens with zero attached hydrogens (tertiary/aromatic N) is 2. The first-order valence-electron chi connectivity index (χ1n) is 9.11. The molecule has 1 heterocycles. The van der Waals surface area contributed by atoms with Crippen LogP contribution >= 0.6 is 11.3 Å². The average Bonchev–Trinajstić information content (AvgIpc) is 3.17. The summed E-state index contributed by atoms with van der Waals surface area (Å²) in [6, 6.07) is 20.6. The minimum Gasteiger partial charge on any atom is -0.354 e. The number of thiazole rings is 1. The van der Waals surface area contributed by atoms with Crippen LogP contribution in [0.25, 0.3) is 10.6 Å². The van der Waals surface area contributed by atoms with Gasteiger partial charge in [0.25, 0.3) is 0 Å². The van der Waals surface area contributed by atoms with Gasteiger partial charge in [-0.1, -0.05) is 60.7 Å². The second-order valence-electron chi connectivity index (χ2n) is 6.70. The Hall–Kier alpha value is -2.50. The first kappa shape index (κ1) is 19.3. The van der Waals surface area contributed by atoms with Crippen molar-refractivity contribution in [3.05, 3.63) is 77.3 Å². The summed E-state index contributed by atoms with van der Waals surface area (Å²) < 4.78 is 0. The number of nitrogens with one attached hydrogen (secondary N) is 1. The molecule has 140 valence electrons. The summed E-state index contributed by atoms with van der Waals surface area (Å²) in [5.74, 6) is 0.0621. The van der Waals surface area contributed by atoms with E-state index in [-0.39, 0.29) is 11.9 Å². The van der Waals surface area contributed by atoms with E-state index in [1.165, 1.54) is 5.56 Å². The van der Waals surface area contributed by atoms with E-state index in [4.69, 9.17) is 0 Å². The van der Waals surface area contributed by atoms with Crippen molar-refractivity contribution in [2.45, 2.75) is 18.9 Å². The Morgan fingerprint density at radius 3 is 2.41 bits per heavy atom. The van der Waals surface area contributed by atoms with Gasteiger partial charge in [0, 0.05) is 23.9 Å². The van der Waals surface area contributed by atoms with Crippen LogP contribution < -0.4 is 5.32 Å². The lowest BCUT2D eigenvalue weighted by atomic mass is 10.1. The highest BCUT2D eigenvalue weighted by Crippen LogP contribution is 2.23. The number of carbonyl (C=O) groups excluding carboxylic acids is 1. The minimum atomic E-state index is 0.0621. The molecule has 1 aromatic heterocycles. The molecule has 1 N–H and O–H groups in total. The summed E-state index contributed by atoms with van der Waals surface area (Å²) in [6.07, 6.45) is 1.11. The van der Waals surface area contributed by atoms with Crippen LogP contribution in [-0.4, -0.2) is 36.4 Å². The zero-order chi connectivity index (χ0) is 19.1. The number of amides is 1. The van der Waals surface area contributed by atoms with Crippen LogP contribution in [0.5, 0.6) is 0 Å². The Morgan fingerprint density at radius 1 is 1.07 bits per heavy atom. The van der Waals surface area contributed by atoms with Crippen LogP contribution in [0.3, 0.4) is 0 Å². The predicted molar refractivity (Wildman–Crippen MR) is 112 cm³/mol. The van der Waals surface area contributed by atoms with E-state index in [9.17, 15) is 4.79 Å². The zero-order valence-electron chi connectivity index (χ0n) is 15.8. The second-order valence-corrected chi connectivity index (χ2v) is 7.56. The van der Waals surface area contributed by atoms with Gasteiger partial charge in [-0.3, -0.25) is 4.79 Å². The van der Waals surface area contributed by atoms with Crippen molar-refractivity contribution in [1.29, 1.82) is 0 Å². The summed E-state index contributed by atoms with van der Waals surface area (Å²) >= 11 is 1.62. The number of hydrogen-bond acceptors (Lipinski definition) is 4. The molecule has 0 fully saturated rings. The Morgan fingerprint density at radius 2 is 1.74 bits per heavy atom. The fourth-order valence-electron chi connectivity index (χ4n) is 2.95. The molecule has 3 rings (SSSR count). The Kier molecular flexibility index (Phi) is 6.74. The molecule has 0 aliphatic rings. The Bertz CT molecular complexity index is 846. The van der Waals surface area contributed by atoms with E-state index in [1.54, 1.807) is 11.3 Å². The van der Waals surface area contributed by atoms with Crippen LogP contribution in [-0.2, 0) is 11.2 Å². The maximum atomic E-state index is 12.3. The Balaban J connectivity index is 1.50. The highest BCUT2D eigenvalue weighted by atomic mass is 32.1. The van der Waals surface area contributed by atoms with Crippen LogP contribution in [0.1, 0.15) is 23.7 Å². The molecular formula is C22H25N3OS. The maximum Gasteiger partial charge on any atom is 0.220 e. The minimum absolute atomic E-state index is 0.0621. The van der Waals surface area contributed by atoms with E-state index >= 15 is 0 Å². The lowest BCUT2D eigenvalue weighted by molar-refractivity contribution is -0.121. The number of aromatic nitrogens is 1. The first-order valence-corrected chi connectivity index (χ1v) is 9.99. The van der Waals surface area contributed by atoms with Crippen LogP contribution in [0.2, 0.25) is 0 Å². The number of rotatable bonds is 8. The van der Waals surface area contributed by atoms with E-state index in [1.807, 2.05) is 55.9 Å². The van der Waals surface area contributed by atoms with Gasteiger partial charge in [0.05, 0.1) is 11.7 Å². The van der Waals surface area contributed by atoms with Gasteiger partial charge in [-0.25, -0.2) is 4.98 Å². The highest BCUT2D eigenvalue weighted by molar-refractivity contribution is 7.13. The summed E-state index contributed by atoms with van der Waals surface area (Å²) in [5, 5.41) is 6.11. The molecule has 2 aromatic carbocycles. The number of aryl methyl sites for hydroxylation is 1. The number of carbonyl (C=O) groups is 1. The smallest absolute Gasteiger partial charge is 0.220 e. The van der Waals surface area contributed by atoms with Gasteiger partial charge in [0.1, 0.15) is 5.01 Å². The third-order valence-corrected chi connectivity index (χ3v) is 5.42. The molecule has 5 heteroatoms. The van der Waals surface area contributed by atoms with E-state index < -0.39 is 0 Å². The third kappa shape index (κ3) is 5.49. The van der Waals surface area contributed by atoms with Gasteiger partial charge in [-0.2, -0.15) is 0 Å². The van der Waals surface area contributed by atoms with E-state index in [0.717, 1.165) is 16.3 Å². The van der Waals surface area contributed by atoms with E-state index in [0.29, 0.717) is 19.4 Å². The summed E-state index contributed by atoms with van der Waals surface area (Å²) in [4.78, 5) is 19.1. The molecule has 0 aliphatic carbocycles. The van der Waals surface area contributed by atoms with Gasteiger partial charge in [-0.05, 0) is 26.1 Å². The number of hydrogen-bond donors (Lipinski definition) is 1. The van der Waals surface area contributed by atoms with Gasteiger partial charge < -0.3 is 10.2 Å². The lowest BCUT2D eigenvalue weighted by Crippen LogP contribution is -2.34. The molecule has 0 radical (unpaired) electrons. The Labute approximate surface area is 164 Å². The van der Waals surface area contributed by atoms with Crippen LogP contribution in [0.4, 0.5) is 0 Å². The molecule has 3 aromatic rings. The lowest BCUT2D eigenvalue weighted by Gasteiger charge is -2.25. The van der Waals surface area contributed by atoms with Gasteiger partial charge >= 0.3 is 0 Å². The number of benzene rings is 2. The van der Waals surface area contributed by atoms with Gasteiger partial charge in [0.15, 0.2) is 0 Å². The standard InChI is InChI=1S/C22H25N3OS/c1-25(2)20(17-9-5-3-6-10-17)15-23-21(26)14-13-19-16-27-22(24-19)18-11-7-4-8-12-18/h3-12,16,20H,13-15H2,1-2H3,(H,23,26). The monoisotopic (exact) mass is 379 g/mol. The largest absolute Gasteiger partial charge is 0.354 e. The van der Waals surface area contributed by atoms with Gasteiger partial charge in [0.2, 0.25) is 5.91 Å². The summed E-state index contributed by atoms with van der Waals surface area (Å²) in [6.45, 7) is 0.599. The zero-order valence-corrected chi connectivity index (χ0v) is 16.6. The molecule has 0 saturated heterocycles. The molecule has 0 spiro atoms. The molecule has 27 heavy (non-hydrogen) atoms. The van der Waals surface area contributed by atoms with Crippen molar-refractivity contribution in [3.8, 4) is 10.6 Å². The normalized spacial score (nSPS) is 12.1. The summed E-state index contributed by atoms with van der Waals surface area (Å²) in [5.41, 5.74) is 3.30. The van der Waals surface area contributed by atoms with Gasteiger partial charge in [-0.15, -0.1) is 11.3 Å². The SMILES string of the molecule is CN(C)C(CNC(=O)CCc1csc(-c2ccccc2)n1)c1ccccc1. The van der Waals surface area contributed by atoms with Crippen molar-refractivity contribution in [2.75, 3.05) is 20.6 Å². The molecule has 4 nitrogen and oxygen atoms in total. The van der Waals surface area contributed by atoms with E-state index in [2.05, 4.69) is 39.5 Å². The fourth-order valence-corrected chi connectivity index (χ4v) is 3.81. The maximum absolute atomic E-state index is 12.3. The van der Waals surface area contributed by atoms with Crippen molar-refractivity contribution < 1.29 is 4.79 Å². The first-order chi connectivity index (χ1) is 13.1. The quantitative estimate of drug-likeness (QED) is 0.639. The van der Waals surface area contributed by atoms with Crippen molar-refractivity contribution in [2.24, 2.45) is 0 Å². The molecule has 0 bridgehead atoms. The molecule has 1 amide bonds. The summed E-state index contributed by atoms with van der Waals surface area (Å²) in [7, 11) is 4.06. The molecular weight excluding hydrogens is 354 g/mol. The second kappa shape index (κ2) is 9.44. The van der Waals surface area contributed by atoms with Crippen LogP contribution in [0.15, 0.2) is 66.0 Å². The number of likely N-dealkylation sites (N-methyl/N-ethyl adjacent to an activating group) is 1. The predicted octanol–water partition coefficient (Wildman–Crippen LogP) is 4.16. The molecule has 1 unspecified atom stereocenters. The topological polar surface area (TPSA) is 45.2 Å². The van der Waals surface area contributed by atoms with Crippen molar-refractivity contribution >= 4 is 17.2 Å². The molecule has 0 aliphatic heterocycles.